The van der Waals surface area contributed by atoms with Gasteiger partial charge in [-0.1, -0.05) is 12.1 Å². The van der Waals surface area contributed by atoms with Gasteiger partial charge in [0, 0.05) is 6.07 Å². The van der Waals surface area contributed by atoms with E-state index >= 15 is 0 Å². The van der Waals surface area contributed by atoms with Crippen LogP contribution in [0.15, 0.2) is 24.3 Å². The maximum Gasteiger partial charge on any atom is 0.312 e. The van der Waals surface area contributed by atoms with Crippen LogP contribution in [0.4, 0.5) is 5.69 Å². The van der Waals surface area contributed by atoms with Gasteiger partial charge in [-0.05, 0) is 6.07 Å². The van der Waals surface area contributed by atoms with Crippen LogP contribution in [-0.4, -0.2) is 13.7 Å². The van der Waals surface area contributed by atoms with Crippen molar-refractivity contribution in [2.45, 2.75) is 0 Å². The Morgan fingerprint density at radius 1 is 1.38 bits per heavy atom. The molecule has 0 aliphatic carbocycles. The van der Waals surface area contributed by atoms with E-state index in [4.69, 9.17) is 0 Å². The van der Waals surface area contributed by atoms with Gasteiger partial charge in [-0.2, -0.15) is 0 Å². The SMILES string of the molecule is O=[N+]([O-])c1ccccc1OS(=O)[O-]. The highest BCUT2D eigenvalue weighted by Crippen LogP contribution is 2.25. The van der Waals surface area contributed by atoms with E-state index in [9.17, 15) is 18.9 Å². The second-order valence-corrected chi connectivity index (χ2v) is 2.59. The molecule has 0 heterocycles. The Bertz CT molecular complexity index is 353. The monoisotopic (exact) mass is 202 g/mol. The van der Waals surface area contributed by atoms with E-state index in [1.54, 1.807) is 0 Å². The van der Waals surface area contributed by atoms with E-state index in [2.05, 4.69) is 4.18 Å². The number of nitrogens with zero attached hydrogens (tertiary/aromatic N) is 1. The fourth-order valence-electron chi connectivity index (χ4n) is 0.752. The Labute approximate surface area is 75.8 Å². The largest absolute Gasteiger partial charge is 0.740 e. The van der Waals surface area contributed by atoms with Crippen molar-refractivity contribution in [2.24, 2.45) is 0 Å². The minimum atomic E-state index is -2.80. The Hall–Kier alpha value is -1.47. The van der Waals surface area contributed by atoms with Gasteiger partial charge in [0.2, 0.25) is 5.75 Å². The van der Waals surface area contributed by atoms with Crippen LogP contribution in [0.25, 0.3) is 0 Å². The molecule has 0 spiro atoms. The molecule has 6 nitrogen and oxygen atoms in total. The van der Waals surface area contributed by atoms with Crippen molar-refractivity contribution in [3.63, 3.8) is 0 Å². The van der Waals surface area contributed by atoms with Crippen molar-refractivity contribution in [2.75, 3.05) is 0 Å². The lowest BCUT2D eigenvalue weighted by molar-refractivity contribution is -0.385. The molecular weight excluding hydrogens is 198 g/mol. The number of nitro groups is 1. The van der Waals surface area contributed by atoms with Gasteiger partial charge in [-0.25, -0.2) is 4.21 Å². The number of nitro benzene ring substituents is 1. The smallest absolute Gasteiger partial charge is 0.312 e. The third-order valence-corrected chi connectivity index (χ3v) is 1.54. The molecule has 1 aromatic rings. The zero-order valence-corrected chi connectivity index (χ0v) is 7.02. The summed E-state index contributed by atoms with van der Waals surface area (Å²) in [6.45, 7) is 0. The van der Waals surface area contributed by atoms with Crippen molar-refractivity contribution < 1.29 is 17.9 Å². The number of benzene rings is 1. The molecule has 7 heteroatoms. The summed E-state index contributed by atoms with van der Waals surface area (Å²) >= 11 is -2.80. The number of hydrogen-bond donors (Lipinski definition) is 0. The maximum atomic E-state index is 10.3. The molecule has 1 unspecified atom stereocenters. The Kier molecular flexibility index (Phi) is 2.93. The molecule has 0 radical (unpaired) electrons. The summed E-state index contributed by atoms with van der Waals surface area (Å²) in [5.41, 5.74) is -0.383. The van der Waals surface area contributed by atoms with Gasteiger partial charge < -0.3 is 8.74 Å². The van der Waals surface area contributed by atoms with Crippen LogP contribution in [0.3, 0.4) is 0 Å². The van der Waals surface area contributed by atoms with Crippen LogP contribution in [0.2, 0.25) is 0 Å². The predicted molar refractivity (Wildman–Crippen MR) is 42.6 cm³/mol. The number of rotatable bonds is 3. The first-order valence-corrected chi connectivity index (χ1v) is 4.12. The fraction of sp³-hybridized carbons (Fsp3) is 0. The van der Waals surface area contributed by atoms with E-state index < -0.39 is 16.3 Å². The van der Waals surface area contributed by atoms with Crippen LogP contribution in [-0.2, 0) is 11.4 Å². The highest BCUT2D eigenvalue weighted by Gasteiger charge is 2.13. The Balaban J connectivity index is 3.04. The molecule has 1 aromatic carbocycles. The van der Waals surface area contributed by atoms with Gasteiger partial charge in [0.05, 0.1) is 4.92 Å². The minimum absolute atomic E-state index is 0.291. The van der Waals surface area contributed by atoms with Gasteiger partial charge in [0.15, 0.2) is 0 Å². The van der Waals surface area contributed by atoms with Crippen molar-refractivity contribution >= 4 is 17.0 Å². The zero-order valence-electron chi connectivity index (χ0n) is 6.21. The normalized spacial score (nSPS) is 12.1. The van der Waals surface area contributed by atoms with Gasteiger partial charge in [-0.15, -0.1) is 0 Å². The zero-order chi connectivity index (χ0) is 9.84. The van der Waals surface area contributed by atoms with Crippen molar-refractivity contribution in [1.82, 2.24) is 0 Å². The average Bonchev–Trinajstić information content (AvgIpc) is 2.03. The van der Waals surface area contributed by atoms with E-state index in [1.807, 2.05) is 0 Å². The van der Waals surface area contributed by atoms with Crippen molar-refractivity contribution in [1.29, 1.82) is 0 Å². The van der Waals surface area contributed by atoms with Crippen molar-refractivity contribution in [3.8, 4) is 5.75 Å². The van der Waals surface area contributed by atoms with Crippen molar-refractivity contribution in [3.05, 3.63) is 34.4 Å². The lowest BCUT2D eigenvalue weighted by Crippen LogP contribution is -2.00. The summed E-state index contributed by atoms with van der Waals surface area (Å²) in [6.07, 6.45) is 0. The van der Waals surface area contributed by atoms with E-state index in [0.29, 0.717) is 0 Å². The molecule has 0 N–H and O–H groups in total. The standard InChI is InChI=1S/C6H5NO5S/c8-7(9)5-3-1-2-4-6(5)12-13(10)11/h1-4H,(H,10,11)/p-1. The summed E-state index contributed by atoms with van der Waals surface area (Å²) < 4.78 is 24.4. The molecule has 0 saturated carbocycles. The number of para-hydroxylation sites is 2. The lowest BCUT2D eigenvalue weighted by atomic mass is 10.3. The summed E-state index contributed by atoms with van der Waals surface area (Å²) in [6, 6.07) is 5.21. The maximum absolute atomic E-state index is 10.3. The topological polar surface area (TPSA) is 92.5 Å². The highest BCUT2D eigenvalue weighted by atomic mass is 32.2. The van der Waals surface area contributed by atoms with Gasteiger partial charge in [0.25, 0.3) is 0 Å². The van der Waals surface area contributed by atoms with Crippen LogP contribution in [0.5, 0.6) is 5.75 Å². The molecule has 0 bridgehead atoms. The molecule has 1 rings (SSSR count). The van der Waals surface area contributed by atoms with Crippen LogP contribution < -0.4 is 4.18 Å². The molecule has 1 atom stereocenters. The highest BCUT2D eigenvalue weighted by molar-refractivity contribution is 7.74. The summed E-state index contributed by atoms with van der Waals surface area (Å²) in [4.78, 5) is 9.61. The lowest BCUT2D eigenvalue weighted by Gasteiger charge is -2.06. The van der Waals surface area contributed by atoms with Gasteiger partial charge >= 0.3 is 5.69 Å². The van der Waals surface area contributed by atoms with Gasteiger partial charge in [0.1, 0.15) is 11.4 Å². The summed E-state index contributed by atoms with van der Waals surface area (Å²) in [7, 11) is 0. The third kappa shape index (κ3) is 2.49. The van der Waals surface area contributed by atoms with Crippen LogP contribution in [0.1, 0.15) is 0 Å². The van der Waals surface area contributed by atoms with Crippen LogP contribution in [0, 0.1) is 10.1 Å². The quantitative estimate of drug-likeness (QED) is 0.410. The summed E-state index contributed by atoms with van der Waals surface area (Å²) in [5.74, 6) is -0.291. The second kappa shape index (κ2) is 3.97. The molecule has 0 aliphatic rings. The molecule has 0 amide bonds. The molecule has 13 heavy (non-hydrogen) atoms. The number of hydrogen-bond acceptors (Lipinski definition) is 5. The van der Waals surface area contributed by atoms with E-state index in [0.717, 1.165) is 6.07 Å². The first-order chi connectivity index (χ1) is 6.11. The first kappa shape index (κ1) is 9.62. The van der Waals surface area contributed by atoms with E-state index in [1.165, 1.54) is 18.2 Å². The fourth-order valence-corrected chi connectivity index (χ4v) is 1.04. The Morgan fingerprint density at radius 2 is 2.00 bits per heavy atom. The minimum Gasteiger partial charge on any atom is -0.740 e. The van der Waals surface area contributed by atoms with E-state index in [-0.39, 0.29) is 11.4 Å². The van der Waals surface area contributed by atoms with Crippen LogP contribution >= 0.6 is 0 Å². The molecule has 0 saturated heterocycles. The molecule has 0 fully saturated rings. The van der Waals surface area contributed by atoms with Gasteiger partial charge in [-0.3, -0.25) is 10.1 Å². The third-order valence-electron chi connectivity index (χ3n) is 1.22. The second-order valence-electron chi connectivity index (χ2n) is 2.01. The molecule has 0 aliphatic heterocycles. The predicted octanol–water partition coefficient (Wildman–Crippen LogP) is 0.768. The molecular formula is C6H4NO5S-. The Morgan fingerprint density at radius 3 is 2.54 bits per heavy atom. The first-order valence-electron chi connectivity index (χ1n) is 3.12. The average molecular weight is 202 g/mol. The summed E-state index contributed by atoms with van der Waals surface area (Å²) in [5, 5.41) is 10.3. The molecule has 0 aromatic heterocycles. The molecule has 70 valence electrons.